The average Bonchev–Trinajstić information content (AvgIpc) is 3.05. The Kier molecular flexibility index (Phi) is 6.14. The van der Waals surface area contributed by atoms with Crippen LogP contribution in [0.25, 0.3) is 0 Å². The highest BCUT2D eigenvalue weighted by Gasteiger charge is 2.08. The van der Waals surface area contributed by atoms with Gasteiger partial charge in [0.15, 0.2) is 11.5 Å². The summed E-state index contributed by atoms with van der Waals surface area (Å²) in [4.78, 5) is 0. The Morgan fingerprint density at radius 2 is 2.04 bits per heavy atom. The molecule has 1 aromatic heterocycles. The Hall–Kier alpha value is -2.51. The molecule has 0 aliphatic rings. The molecule has 0 fully saturated rings. The normalized spacial score (nSPS) is 10.5. The maximum Gasteiger partial charge on any atom is 0.214 e. The van der Waals surface area contributed by atoms with Crippen molar-refractivity contribution in [3.05, 3.63) is 69.7 Å². The van der Waals surface area contributed by atoms with Gasteiger partial charge in [-0.1, -0.05) is 35.9 Å². The lowest BCUT2D eigenvalue weighted by Gasteiger charge is -2.14. The number of H-pyrrole nitrogens is 1. The van der Waals surface area contributed by atoms with Crippen molar-refractivity contribution >= 4 is 23.8 Å². The van der Waals surface area contributed by atoms with Crippen molar-refractivity contribution in [2.24, 2.45) is 0 Å². The number of aromatic amines is 1. The maximum absolute atomic E-state index is 6.18. The van der Waals surface area contributed by atoms with Crippen LogP contribution in [0.3, 0.4) is 0 Å². The minimum Gasteiger partial charge on any atom is -0.490 e. The van der Waals surface area contributed by atoms with Crippen molar-refractivity contribution in [1.82, 2.24) is 14.9 Å². The van der Waals surface area contributed by atoms with Crippen molar-refractivity contribution in [1.29, 1.82) is 0 Å². The van der Waals surface area contributed by atoms with Crippen LogP contribution in [-0.2, 0) is 13.2 Å². The zero-order valence-electron chi connectivity index (χ0n) is 14.2. The minimum atomic E-state index is 0.377. The first-order valence-corrected chi connectivity index (χ1v) is 8.94. The first-order valence-electron chi connectivity index (χ1n) is 8.15. The van der Waals surface area contributed by atoms with Gasteiger partial charge in [-0.25, -0.2) is 4.68 Å². The van der Waals surface area contributed by atoms with E-state index in [1.165, 1.54) is 0 Å². The number of halogens is 1. The van der Waals surface area contributed by atoms with E-state index in [-0.39, 0.29) is 0 Å². The third-order valence-electron chi connectivity index (χ3n) is 3.65. The predicted molar refractivity (Wildman–Crippen MR) is 104 cm³/mol. The Morgan fingerprint density at radius 3 is 2.77 bits per heavy atom. The molecule has 0 spiro atoms. The molecule has 0 radical (unpaired) electrons. The van der Waals surface area contributed by atoms with Crippen LogP contribution in [-0.4, -0.2) is 21.5 Å². The number of nitrogens with zero attached hydrogens (tertiary/aromatic N) is 2. The van der Waals surface area contributed by atoms with Crippen LogP contribution in [0.15, 0.2) is 48.8 Å². The standard InChI is InChI=1S/C18H19ClN4O2S/c1-2-24-17-9-13(10-21-23-12-20-22-18(23)26)7-8-16(17)25-11-14-5-3-4-6-15(14)19/h3-9,12,21H,2,10-11H2,1H3,(H,22,26). The van der Waals surface area contributed by atoms with Crippen molar-refractivity contribution in [2.45, 2.75) is 20.1 Å². The summed E-state index contributed by atoms with van der Waals surface area (Å²) >= 11 is 11.3. The summed E-state index contributed by atoms with van der Waals surface area (Å²) in [6.45, 7) is 3.43. The van der Waals surface area contributed by atoms with Crippen LogP contribution < -0.4 is 14.9 Å². The Labute approximate surface area is 161 Å². The monoisotopic (exact) mass is 390 g/mol. The van der Waals surface area contributed by atoms with E-state index in [1.807, 2.05) is 49.4 Å². The van der Waals surface area contributed by atoms with Crippen molar-refractivity contribution in [3.63, 3.8) is 0 Å². The van der Waals surface area contributed by atoms with E-state index in [4.69, 9.17) is 33.3 Å². The molecule has 0 aliphatic heterocycles. The van der Waals surface area contributed by atoms with Crippen LogP contribution in [0, 0.1) is 4.77 Å². The van der Waals surface area contributed by atoms with E-state index in [0.717, 1.165) is 11.1 Å². The fourth-order valence-electron chi connectivity index (χ4n) is 2.36. The molecule has 2 N–H and O–H groups in total. The van der Waals surface area contributed by atoms with Crippen LogP contribution in [0.5, 0.6) is 11.5 Å². The zero-order chi connectivity index (χ0) is 18.4. The van der Waals surface area contributed by atoms with Gasteiger partial charge in [-0.3, -0.25) is 5.10 Å². The quantitative estimate of drug-likeness (QED) is 0.561. The molecular formula is C18H19ClN4O2S. The number of aromatic nitrogens is 3. The van der Waals surface area contributed by atoms with E-state index in [0.29, 0.717) is 41.1 Å². The highest BCUT2D eigenvalue weighted by Crippen LogP contribution is 2.30. The highest BCUT2D eigenvalue weighted by molar-refractivity contribution is 7.71. The van der Waals surface area contributed by atoms with Gasteiger partial charge in [0.05, 0.1) is 13.2 Å². The van der Waals surface area contributed by atoms with Gasteiger partial charge < -0.3 is 14.9 Å². The van der Waals surface area contributed by atoms with Gasteiger partial charge in [0.25, 0.3) is 0 Å². The molecule has 1 heterocycles. The molecule has 3 aromatic rings. The van der Waals surface area contributed by atoms with Crippen molar-refractivity contribution in [2.75, 3.05) is 12.0 Å². The third kappa shape index (κ3) is 4.56. The summed E-state index contributed by atoms with van der Waals surface area (Å²) < 4.78 is 13.8. The molecule has 26 heavy (non-hydrogen) atoms. The van der Waals surface area contributed by atoms with Crippen LogP contribution in [0.4, 0.5) is 0 Å². The van der Waals surface area contributed by atoms with Gasteiger partial charge in [0, 0.05) is 10.6 Å². The number of rotatable bonds is 8. The Balaban J connectivity index is 1.70. The summed E-state index contributed by atoms with van der Waals surface area (Å²) in [6, 6.07) is 13.4. The lowest BCUT2D eigenvalue weighted by Crippen LogP contribution is -2.13. The summed E-state index contributed by atoms with van der Waals surface area (Å²) in [5.74, 6) is 1.37. The van der Waals surface area contributed by atoms with E-state index < -0.39 is 0 Å². The van der Waals surface area contributed by atoms with E-state index in [9.17, 15) is 0 Å². The summed E-state index contributed by atoms with van der Waals surface area (Å²) in [7, 11) is 0. The van der Waals surface area contributed by atoms with E-state index >= 15 is 0 Å². The first kappa shape index (κ1) is 18.3. The SMILES string of the molecule is CCOc1cc(CNn2cn[nH]c2=S)ccc1OCc1ccccc1Cl. The van der Waals surface area contributed by atoms with Crippen molar-refractivity contribution in [3.8, 4) is 11.5 Å². The number of hydrogen-bond donors (Lipinski definition) is 2. The third-order valence-corrected chi connectivity index (χ3v) is 4.31. The van der Waals surface area contributed by atoms with E-state index in [2.05, 4.69) is 15.6 Å². The fraction of sp³-hybridized carbons (Fsp3) is 0.222. The molecule has 6 nitrogen and oxygen atoms in total. The molecule has 3 rings (SSSR count). The lowest BCUT2D eigenvalue weighted by atomic mass is 10.2. The number of ether oxygens (including phenoxy) is 2. The largest absolute Gasteiger partial charge is 0.490 e. The Bertz CT molecular complexity index is 925. The number of hydrogen-bond acceptors (Lipinski definition) is 5. The second-order valence-corrected chi connectivity index (χ2v) is 6.25. The smallest absolute Gasteiger partial charge is 0.214 e. The second-order valence-electron chi connectivity index (χ2n) is 5.46. The molecule has 0 unspecified atom stereocenters. The van der Waals surface area contributed by atoms with Crippen molar-refractivity contribution < 1.29 is 9.47 Å². The maximum atomic E-state index is 6.18. The summed E-state index contributed by atoms with van der Waals surface area (Å²) in [6.07, 6.45) is 1.59. The van der Waals surface area contributed by atoms with Gasteiger partial charge in [-0.05, 0) is 42.9 Å². The van der Waals surface area contributed by atoms with Gasteiger partial charge in [0.1, 0.15) is 12.9 Å². The van der Waals surface area contributed by atoms with Gasteiger partial charge >= 0.3 is 0 Å². The molecule has 8 heteroatoms. The minimum absolute atomic E-state index is 0.377. The highest BCUT2D eigenvalue weighted by atomic mass is 35.5. The summed E-state index contributed by atoms with van der Waals surface area (Å²) in [5.41, 5.74) is 5.13. The number of nitrogens with one attached hydrogen (secondary N) is 2. The second kappa shape index (κ2) is 8.73. The molecule has 0 amide bonds. The molecule has 0 bridgehead atoms. The molecule has 2 aromatic carbocycles. The van der Waals surface area contributed by atoms with Gasteiger partial charge in [-0.2, -0.15) is 5.10 Å². The zero-order valence-corrected chi connectivity index (χ0v) is 15.8. The molecule has 0 saturated heterocycles. The van der Waals surface area contributed by atoms with Crippen LogP contribution in [0.2, 0.25) is 5.02 Å². The molecular weight excluding hydrogens is 372 g/mol. The molecule has 0 saturated carbocycles. The predicted octanol–water partition coefficient (Wildman–Crippen LogP) is 4.32. The van der Waals surface area contributed by atoms with Gasteiger partial charge in [-0.15, -0.1) is 0 Å². The summed E-state index contributed by atoms with van der Waals surface area (Å²) in [5, 5.41) is 7.25. The first-order chi connectivity index (χ1) is 12.7. The molecule has 0 aliphatic carbocycles. The van der Waals surface area contributed by atoms with Gasteiger partial charge in [0.2, 0.25) is 4.77 Å². The average molecular weight is 391 g/mol. The lowest BCUT2D eigenvalue weighted by molar-refractivity contribution is 0.269. The van der Waals surface area contributed by atoms with Crippen LogP contribution >= 0.6 is 23.8 Å². The molecule has 0 atom stereocenters. The fourth-order valence-corrected chi connectivity index (χ4v) is 2.71. The topological polar surface area (TPSA) is 64.1 Å². The molecule has 136 valence electrons. The number of benzene rings is 2. The Morgan fingerprint density at radius 1 is 1.19 bits per heavy atom. The van der Waals surface area contributed by atoms with Crippen LogP contribution in [0.1, 0.15) is 18.1 Å². The van der Waals surface area contributed by atoms with E-state index in [1.54, 1.807) is 11.0 Å².